The molecule has 3 amide bonds. The number of piperazine rings is 1. The number of hydrogen-bond donors (Lipinski definition) is 0. The van der Waals surface area contributed by atoms with Crippen LogP contribution in [-0.2, 0) is 11.2 Å². The fraction of sp³-hybridized carbons (Fsp3) is 0.318. The van der Waals surface area contributed by atoms with E-state index >= 15 is 0 Å². The van der Waals surface area contributed by atoms with Gasteiger partial charge in [0.1, 0.15) is 5.82 Å². The summed E-state index contributed by atoms with van der Waals surface area (Å²) in [4.78, 5) is 42.2. The van der Waals surface area contributed by atoms with Crippen LogP contribution in [0.1, 0.15) is 33.2 Å². The summed E-state index contributed by atoms with van der Waals surface area (Å²) in [5.41, 5.74) is 2.79. The molecule has 0 spiro atoms. The second-order valence-corrected chi connectivity index (χ2v) is 7.36. The van der Waals surface area contributed by atoms with Crippen molar-refractivity contribution >= 4 is 23.4 Å². The number of nitrogens with zero attached hydrogens (tertiary/aromatic N) is 3. The summed E-state index contributed by atoms with van der Waals surface area (Å²) in [6.07, 6.45) is 0.742. The smallest absolute Gasteiger partial charge is 0.254 e. The molecule has 29 heavy (non-hydrogen) atoms. The maximum atomic E-state index is 13.4. The Morgan fingerprint density at radius 3 is 2.03 bits per heavy atom. The van der Waals surface area contributed by atoms with Crippen molar-refractivity contribution in [3.8, 4) is 0 Å². The Morgan fingerprint density at radius 1 is 0.828 bits per heavy atom. The molecule has 0 N–H and O–H groups in total. The molecule has 4 rings (SSSR count). The Labute approximate surface area is 168 Å². The van der Waals surface area contributed by atoms with Gasteiger partial charge in [0.2, 0.25) is 5.91 Å². The lowest BCUT2D eigenvalue weighted by molar-refractivity contribution is -0.116. The molecule has 0 radical (unpaired) electrons. The van der Waals surface area contributed by atoms with Gasteiger partial charge >= 0.3 is 0 Å². The molecule has 2 aliphatic rings. The van der Waals surface area contributed by atoms with Crippen molar-refractivity contribution in [3.05, 3.63) is 65.0 Å². The van der Waals surface area contributed by atoms with Gasteiger partial charge in [-0.25, -0.2) is 4.39 Å². The minimum atomic E-state index is -0.440. The third-order valence-electron chi connectivity index (χ3n) is 5.53. The van der Waals surface area contributed by atoms with Gasteiger partial charge in [0.25, 0.3) is 11.8 Å². The third-order valence-corrected chi connectivity index (χ3v) is 5.53. The fourth-order valence-electron chi connectivity index (χ4n) is 3.96. The number of rotatable bonds is 2. The Morgan fingerprint density at radius 2 is 1.45 bits per heavy atom. The Balaban J connectivity index is 1.41. The van der Waals surface area contributed by atoms with Crippen LogP contribution in [0.5, 0.6) is 0 Å². The van der Waals surface area contributed by atoms with Crippen LogP contribution in [0.4, 0.5) is 10.1 Å². The van der Waals surface area contributed by atoms with Gasteiger partial charge in [0, 0.05) is 56.5 Å². The summed E-state index contributed by atoms with van der Waals surface area (Å²) in [6, 6.07) is 11.1. The molecule has 2 heterocycles. The number of hydrogen-bond acceptors (Lipinski definition) is 3. The molecule has 2 aromatic carbocycles. The molecule has 0 aliphatic carbocycles. The average molecular weight is 395 g/mol. The standard InChI is InChI=1S/C22H22FN3O3/c1-15(27)26-8-7-16-13-18(5-6-20(16)26)22(29)25-11-9-24(10-12-25)21(28)17-3-2-4-19(23)14-17/h2-6,13-14H,7-12H2,1H3. The number of benzene rings is 2. The third kappa shape index (κ3) is 3.72. The molecular formula is C22H22FN3O3. The van der Waals surface area contributed by atoms with E-state index in [2.05, 4.69) is 0 Å². The van der Waals surface area contributed by atoms with E-state index in [-0.39, 0.29) is 17.7 Å². The lowest BCUT2D eigenvalue weighted by atomic mass is 10.1. The van der Waals surface area contributed by atoms with Crippen LogP contribution in [0.25, 0.3) is 0 Å². The summed E-state index contributed by atoms with van der Waals surface area (Å²) in [6.45, 7) is 3.85. The van der Waals surface area contributed by atoms with Gasteiger partial charge in [-0.3, -0.25) is 14.4 Å². The van der Waals surface area contributed by atoms with Crippen LogP contribution in [-0.4, -0.2) is 60.2 Å². The van der Waals surface area contributed by atoms with Gasteiger partial charge in [-0.05, 0) is 48.4 Å². The first-order chi connectivity index (χ1) is 13.9. The SMILES string of the molecule is CC(=O)N1CCc2cc(C(=O)N3CCN(C(=O)c4cccc(F)c4)CC3)ccc21. The van der Waals surface area contributed by atoms with E-state index in [0.717, 1.165) is 17.7 Å². The van der Waals surface area contributed by atoms with Crippen molar-refractivity contribution in [2.24, 2.45) is 0 Å². The van der Waals surface area contributed by atoms with Crippen molar-refractivity contribution in [1.29, 1.82) is 0 Å². The van der Waals surface area contributed by atoms with Crippen molar-refractivity contribution in [3.63, 3.8) is 0 Å². The summed E-state index contributed by atoms with van der Waals surface area (Å²) < 4.78 is 13.4. The predicted octanol–water partition coefficient (Wildman–Crippen LogP) is 2.33. The van der Waals surface area contributed by atoms with Crippen molar-refractivity contribution in [1.82, 2.24) is 9.80 Å². The maximum absolute atomic E-state index is 13.4. The minimum absolute atomic E-state index is 0.00177. The highest BCUT2D eigenvalue weighted by Crippen LogP contribution is 2.29. The van der Waals surface area contributed by atoms with Crippen LogP contribution in [0.15, 0.2) is 42.5 Å². The first kappa shape index (κ1) is 19.1. The van der Waals surface area contributed by atoms with E-state index in [1.807, 2.05) is 12.1 Å². The molecule has 0 saturated carbocycles. The monoisotopic (exact) mass is 395 g/mol. The summed E-state index contributed by atoms with van der Waals surface area (Å²) in [7, 11) is 0. The molecule has 6 nitrogen and oxygen atoms in total. The highest BCUT2D eigenvalue weighted by atomic mass is 19.1. The lowest BCUT2D eigenvalue weighted by Gasteiger charge is -2.35. The molecule has 7 heteroatoms. The normalized spacial score (nSPS) is 16.0. The number of carbonyl (C=O) groups excluding carboxylic acids is 3. The van der Waals surface area contributed by atoms with Gasteiger partial charge in [-0.15, -0.1) is 0 Å². The quantitative estimate of drug-likeness (QED) is 0.784. The van der Waals surface area contributed by atoms with E-state index in [1.165, 1.54) is 18.2 Å². The zero-order chi connectivity index (χ0) is 20.5. The van der Waals surface area contributed by atoms with Gasteiger partial charge in [0.05, 0.1) is 0 Å². The van der Waals surface area contributed by atoms with Crippen molar-refractivity contribution in [2.45, 2.75) is 13.3 Å². The summed E-state index contributed by atoms with van der Waals surface area (Å²) in [5, 5.41) is 0. The number of fused-ring (bicyclic) bond motifs is 1. The van der Waals surface area contributed by atoms with Gasteiger partial charge in [-0.1, -0.05) is 6.07 Å². The Hall–Kier alpha value is -3.22. The Kier molecular flexibility index (Phi) is 5.05. The fourth-order valence-corrected chi connectivity index (χ4v) is 3.96. The van der Waals surface area contributed by atoms with Crippen molar-refractivity contribution < 1.29 is 18.8 Å². The van der Waals surface area contributed by atoms with Gasteiger partial charge in [0.15, 0.2) is 0 Å². The first-order valence-corrected chi connectivity index (χ1v) is 9.69. The van der Waals surface area contributed by atoms with E-state index < -0.39 is 5.82 Å². The molecule has 0 aromatic heterocycles. The maximum Gasteiger partial charge on any atom is 0.254 e. The highest BCUT2D eigenvalue weighted by Gasteiger charge is 2.28. The molecule has 2 aromatic rings. The molecule has 2 aliphatic heterocycles. The average Bonchev–Trinajstić information content (AvgIpc) is 3.16. The molecule has 0 unspecified atom stereocenters. The Bertz CT molecular complexity index is 983. The lowest BCUT2D eigenvalue weighted by Crippen LogP contribution is -2.50. The molecule has 0 bridgehead atoms. The molecule has 150 valence electrons. The van der Waals surface area contributed by atoms with Crippen LogP contribution in [0, 0.1) is 5.82 Å². The number of anilines is 1. The number of amides is 3. The van der Waals surface area contributed by atoms with Gasteiger partial charge in [-0.2, -0.15) is 0 Å². The molecular weight excluding hydrogens is 373 g/mol. The molecule has 0 atom stereocenters. The predicted molar refractivity (Wildman–Crippen MR) is 106 cm³/mol. The second kappa shape index (κ2) is 7.66. The van der Waals surface area contributed by atoms with E-state index in [0.29, 0.717) is 43.9 Å². The zero-order valence-corrected chi connectivity index (χ0v) is 16.2. The van der Waals surface area contributed by atoms with E-state index in [1.54, 1.807) is 33.8 Å². The summed E-state index contributed by atoms with van der Waals surface area (Å²) in [5.74, 6) is -0.739. The topological polar surface area (TPSA) is 60.9 Å². The van der Waals surface area contributed by atoms with Crippen LogP contribution >= 0.6 is 0 Å². The van der Waals surface area contributed by atoms with E-state index in [4.69, 9.17) is 0 Å². The summed E-state index contributed by atoms with van der Waals surface area (Å²) >= 11 is 0. The number of carbonyl (C=O) groups is 3. The minimum Gasteiger partial charge on any atom is -0.335 e. The largest absolute Gasteiger partial charge is 0.335 e. The first-order valence-electron chi connectivity index (χ1n) is 9.69. The van der Waals surface area contributed by atoms with Crippen LogP contribution in [0.2, 0.25) is 0 Å². The number of halogens is 1. The molecule has 1 saturated heterocycles. The zero-order valence-electron chi connectivity index (χ0n) is 16.2. The van der Waals surface area contributed by atoms with Crippen LogP contribution in [0.3, 0.4) is 0 Å². The van der Waals surface area contributed by atoms with Gasteiger partial charge < -0.3 is 14.7 Å². The van der Waals surface area contributed by atoms with Crippen molar-refractivity contribution in [2.75, 3.05) is 37.6 Å². The highest BCUT2D eigenvalue weighted by molar-refractivity contribution is 5.98. The molecule has 1 fully saturated rings. The second-order valence-electron chi connectivity index (χ2n) is 7.36. The van der Waals surface area contributed by atoms with E-state index in [9.17, 15) is 18.8 Å². The van der Waals surface area contributed by atoms with Crippen LogP contribution < -0.4 is 4.90 Å².